The first kappa shape index (κ1) is 26.2. The number of piperidine rings is 1. The molecule has 0 bridgehead atoms. The minimum Gasteiger partial charge on any atom is -0.467 e. The van der Waals surface area contributed by atoms with E-state index >= 15 is 0 Å². The van der Waals surface area contributed by atoms with Crippen molar-refractivity contribution in [1.82, 2.24) is 25.4 Å². The number of nitrogens with one attached hydrogen (secondary N) is 2. The fraction of sp³-hybridized carbons (Fsp3) is 0.615. The molecule has 2 heterocycles. The lowest BCUT2D eigenvalue weighted by atomic mass is 9.77. The van der Waals surface area contributed by atoms with Crippen LogP contribution >= 0.6 is 0 Å². The van der Waals surface area contributed by atoms with Crippen LogP contribution in [0, 0.1) is 13.8 Å². The van der Waals surface area contributed by atoms with Gasteiger partial charge in [0.2, 0.25) is 11.9 Å². The summed E-state index contributed by atoms with van der Waals surface area (Å²) >= 11 is 0. The van der Waals surface area contributed by atoms with Crippen molar-refractivity contribution in [2.45, 2.75) is 71.1 Å². The predicted octanol–water partition coefficient (Wildman–Crippen LogP) is 2.43. The van der Waals surface area contributed by atoms with Gasteiger partial charge in [0.15, 0.2) is 6.79 Å². The third-order valence-corrected chi connectivity index (χ3v) is 6.71. The Bertz CT molecular complexity index is 1040. The number of aromatic nitrogens is 3. The van der Waals surface area contributed by atoms with Crippen molar-refractivity contribution in [3.8, 4) is 17.0 Å². The van der Waals surface area contributed by atoms with Crippen LogP contribution in [0.1, 0.15) is 50.7 Å². The molecule has 1 saturated heterocycles. The normalized spacial score (nSPS) is 24.1. The van der Waals surface area contributed by atoms with Crippen LogP contribution in [0.25, 0.3) is 11.3 Å². The molecule has 0 radical (unpaired) electrons. The lowest BCUT2D eigenvalue weighted by Gasteiger charge is -2.41. The maximum Gasteiger partial charge on any atom is 0.242 e. The first-order valence-corrected chi connectivity index (χ1v) is 12.7. The van der Waals surface area contributed by atoms with Crippen molar-refractivity contribution in [1.29, 1.82) is 0 Å². The highest BCUT2D eigenvalue weighted by atomic mass is 16.7. The second kappa shape index (κ2) is 11.5. The van der Waals surface area contributed by atoms with Crippen LogP contribution in [0.15, 0.2) is 18.3 Å². The van der Waals surface area contributed by atoms with E-state index in [1.165, 1.54) is 0 Å². The number of likely N-dealkylation sites (tertiary alicyclic amines) is 1. The summed E-state index contributed by atoms with van der Waals surface area (Å²) in [6.07, 6.45) is 4.90. The molecule has 1 atom stereocenters. The van der Waals surface area contributed by atoms with Gasteiger partial charge >= 0.3 is 0 Å². The minimum absolute atomic E-state index is 0.00856. The Morgan fingerprint density at radius 3 is 2.75 bits per heavy atom. The second-order valence-electron chi connectivity index (χ2n) is 10.3. The highest BCUT2D eigenvalue weighted by Crippen LogP contribution is 2.33. The third kappa shape index (κ3) is 6.89. The maximum atomic E-state index is 12.4. The van der Waals surface area contributed by atoms with Gasteiger partial charge in [0.1, 0.15) is 11.4 Å². The zero-order chi connectivity index (χ0) is 25.7. The zero-order valence-corrected chi connectivity index (χ0v) is 21.7. The number of nitrogens with zero attached hydrogens (tertiary/aromatic N) is 4. The van der Waals surface area contributed by atoms with Gasteiger partial charge in [0, 0.05) is 30.8 Å². The van der Waals surface area contributed by atoms with Gasteiger partial charge < -0.3 is 25.2 Å². The first-order chi connectivity index (χ1) is 17.2. The Morgan fingerprint density at radius 1 is 1.25 bits per heavy atom. The number of benzene rings is 1. The Morgan fingerprint density at radius 2 is 2.06 bits per heavy atom. The van der Waals surface area contributed by atoms with Gasteiger partial charge in [-0.2, -0.15) is 0 Å². The molecule has 1 aromatic heterocycles. The van der Waals surface area contributed by atoms with Gasteiger partial charge in [-0.15, -0.1) is 10.2 Å². The lowest BCUT2D eigenvalue weighted by Crippen LogP contribution is -2.55. The largest absolute Gasteiger partial charge is 0.467 e. The molecular formula is C26H38N6O4. The monoisotopic (exact) mass is 498 g/mol. The van der Waals surface area contributed by atoms with E-state index in [0.717, 1.165) is 42.6 Å². The summed E-state index contributed by atoms with van der Waals surface area (Å²) in [7, 11) is 0. The van der Waals surface area contributed by atoms with Crippen molar-refractivity contribution >= 4 is 11.9 Å². The predicted molar refractivity (Wildman–Crippen MR) is 137 cm³/mol. The van der Waals surface area contributed by atoms with Gasteiger partial charge in [0.05, 0.1) is 18.3 Å². The summed E-state index contributed by atoms with van der Waals surface area (Å²) in [5.74, 6) is 1.17. The number of hydrogen-bond acceptors (Lipinski definition) is 9. The van der Waals surface area contributed by atoms with Gasteiger partial charge in [0.25, 0.3) is 0 Å². The van der Waals surface area contributed by atoms with E-state index in [-0.39, 0.29) is 24.8 Å². The highest BCUT2D eigenvalue weighted by molar-refractivity contribution is 5.78. The molecule has 1 aliphatic heterocycles. The second-order valence-corrected chi connectivity index (χ2v) is 10.3. The number of ether oxygens (including phenoxy) is 2. The number of hydrogen-bond donors (Lipinski definition) is 3. The van der Waals surface area contributed by atoms with Gasteiger partial charge in [-0.1, -0.05) is 6.07 Å². The van der Waals surface area contributed by atoms with E-state index in [2.05, 4.69) is 36.8 Å². The summed E-state index contributed by atoms with van der Waals surface area (Å²) in [5, 5.41) is 25.0. The molecule has 1 aromatic carbocycles. The summed E-state index contributed by atoms with van der Waals surface area (Å²) in [6.45, 7) is 10.5. The molecule has 2 aliphatic rings. The number of carbonyl (C=O) groups excluding carboxylic acids is 1. The number of aliphatic hydroxyl groups is 1. The molecule has 1 amide bonds. The lowest BCUT2D eigenvalue weighted by molar-refractivity contribution is -0.126. The van der Waals surface area contributed by atoms with Gasteiger partial charge in [-0.25, -0.2) is 4.98 Å². The van der Waals surface area contributed by atoms with Crippen LogP contribution < -0.4 is 15.4 Å². The fourth-order valence-corrected chi connectivity index (χ4v) is 5.09. The molecule has 1 saturated carbocycles. The molecule has 4 rings (SSSR count). The van der Waals surface area contributed by atoms with Crippen LogP contribution in [-0.2, 0) is 9.53 Å². The first-order valence-electron chi connectivity index (χ1n) is 12.7. The van der Waals surface area contributed by atoms with Crippen LogP contribution in [0.4, 0.5) is 5.95 Å². The number of rotatable bonds is 10. The van der Waals surface area contributed by atoms with Crippen LogP contribution in [0.3, 0.4) is 0 Å². The minimum atomic E-state index is -0.641. The number of carbonyl (C=O) groups is 1. The SMILES string of the molecule is CCOCOc1cc(C)cc(C)c1-c1cnc(N[C@@H]2CCCN(CC(=O)NC3CC(C)(O)C3)C2)nn1. The molecule has 2 fully saturated rings. The van der Waals surface area contributed by atoms with E-state index in [9.17, 15) is 9.90 Å². The molecular weight excluding hydrogens is 460 g/mol. The third-order valence-electron chi connectivity index (χ3n) is 6.71. The van der Waals surface area contributed by atoms with Crippen molar-refractivity contribution < 1.29 is 19.4 Å². The molecule has 36 heavy (non-hydrogen) atoms. The Balaban J connectivity index is 1.33. The molecule has 196 valence electrons. The van der Waals surface area contributed by atoms with Crippen molar-refractivity contribution in [3.63, 3.8) is 0 Å². The average molecular weight is 499 g/mol. The van der Waals surface area contributed by atoms with Gasteiger partial charge in [-0.05, 0) is 77.1 Å². The zero-order valence-electron chi connectivity index (χ0n) is 21.7. The molecule has 0 unspecified atom stereocenters. The molecule has 2 aromatic rings. The molecule has 3 N–H and O–H groups in total. The Labute approximate surface area is 212 Å². The number of anilines is 1. The Hall–Kier alpha value is -2.82. The quantitative estimate of drug-likeness (QED) is 0.335. The molecule has 0 spiro atoms. The van der Waals surface area contributed by atoms with Crippen molar-refractivity contribution in [2.75, 3.05) is 38.4 Å². The van der Waals surface area contributed by atoms with Crippen LogP contribution in [-0.4, -0.2) is 81.8 Å². The summed E-state index contributed by atoms with van der Waals surface area (Å²) in [5.41, 5.74) is 2.98. The summed E-state index contributed by atoms with van der Waals surface area (Å²) in [6, 6.07) is 4.26. The summed E-state index contributed by atoms with van der Waals surface area (Å²) < 4.78 is 11.2. The van der Waals surface area contributed by atoms with E-state index < -0.39 is 5.60 Å². The topological polar surface area (TPSA) is 122 Å². The number of amides is 1. The average Bonchev–Trinajstić information content (AvgIpc) is 2.79. The van der Waals surface area contributed by atoms with E-state index in [4.69, 9.17) is 9.47 Å². The molecule has 1 aliphatic carbocycles. The van der Waals surface area contributed by atoms with E-state index in [0.29, 0.717) is 43.4 Å². The van der Waals surface area contributed by atoms with E-state index in [1.54, 1.807) is 13.1 Å². The molecule has 10 heteroatoms. The highest BCUT2D eigenvalue weighted by Gasteiger charge is 2.39. The Kier molecular flexibility index (Phi) is 8.38. The van der Waals surface area contributed by atoms with Gasteiger partial charge in [-0.3, -0.25) is 9.69 Å². The standard InChI is InChI=1S/C26H38N6O4/c1-5-35-16-36-22-10-17(2)9-18(3)24(22)21-13-27-25(31-30-21)29-19-7-6-8-32(14-19)15-23(33)28-20-11-26(4,34)12-20/h9-10,13,19-20,34H,5-8,11-12,14-16H2,1-4H3,(H,28,33)(H,27,29,31)/t19-,20?,26?/m1/s1. The van der Waals surface area contributed by atoms with E-state index in [1.807, 2.05) is 26.8 Å². The van der Waals surface area contributed by atoms with Crippen molar-refractivity contribution in [3.05, 3.63) is 29.5 Å². The maximum absolute atomic E-state index is 12.4. The summed E-state index contributed by atoms with van der Waals surface area (Å²) in [4.78, 5) is 19.1. The fourth-order valence-electron chi connectivity index (χ4n) is 5.09. The van der Waals surface area contributed by atoms with Crippen molar-refractivity contribution in [2.24, 2.45) is 0 Å². The van der Waals surface area contributed by atoms with Crippen LogP contribution in [0.5, 0.6) is 5.75 Å². The number of aryl methyl sites for hydroxylation is 2. The van der Waals surface area contributed by atoms with Crippen LogP contribution in [0.2, 0.25) is 0 Å². The molecule has 10 nitrogen and oxygen atoms in total. The smallest absolute Gasteiger partial charge is 0.242 e.